The Morgan fingerprint density at radius 1 is 0.452 bits per heavy atom. The Hall–Kier alpha value is -8.42. The van der Waals surface area contributed by atoms with E-state index in [2.05, 4.69) is 130 Å². The molecule has 0 amide bonds. The number of ether oxygens (including phenoxy) is 2. The van der Waals surface area contributed by atoms with Gasteiger partial charge in [-0.1, -0.05) is 120 Å². The summed E-state index contributed by atoms with van der Waals surface area (Å²) in [7, 11) is 0. The van der Waals surface area contributed by atoms with Crippen LogP contribution in [0.1, 0.15) is 101 Å². The highest BCUT2D eigenvalue weighted by Gasteiger charge is 2.57. The van der Waals surface area contributed by atoms with Crippen LogP contribution in [-0.4, -0.2) is 35.1 Å². The topological polar surface area (TPSA) is 78.4 Å². The van der Waals surface area contributed by atoms with Crippen molar-refractivity contribution < 1.29 is 19.1 Å². The maximum Gasteiger partial charge on any atom is 0.338 e. The van der Waals surface area contributed by atoms with Crippen LogP contribution in [0.4, 0.5) is 0 Å². The number of hydrogen-bond donors (Lipinski definition) is 0. The molecule has 7 aromatic rings. The molecular formula is C56H36N2O4. The van der Waals surface area contributed by atoms with Crippen molar-refractivity contribution >= 4 is 11.9 Å². The zero-order valence-electron chi connectivity index (χ0n) is 34.0. The Morgan fingerprint density at radius 3 is 1.15 bits per heavy atom. The fraction of sp³-hybridized carbons (Fsp3) is 0.107. The molecule has 294 valence electrons. The molecule has 0 fully saturated rings. The van der Waals surface area contributed by atoms with Crippen molar-refractivity contribution in [3.05, 3.63) is 236 Å². The minimum absolute atomic E-state index is 0.257. The second-order valence-corrected chi connectivity index (χ2v) is 14.6. The lowest BCUT2D eigenvalue weighted by molar-refractivity contribution is 0.0516. The fourth-order valence-corrected chi connectivity index (χ4v) is 8.36. The first-order chi connectivity index (χ1) is 30.5. The number of rotatable bonds is 4. The zero-order chi connectivity index (χ0) is 42.5. The van der Waals surface area contributed by atoms with Crippen LogP contribution < -0.4 is 0 Å². The van der Waals surface area contributed by atoms with Crippen LogP contribution in [0.2, 0.25) is 0 Å². The first kappa shape index (κ1) is 39.1. The third-order valence-corrected chi connectivity index (χ3v) is 11.0. The van der Waals surface area contributed by atoms with Crippen molar-refractivity contribution in [1.29, 1.82) is 0 Å². The molecule has 2 aromatic heterocycles. The first-order valence-electron chi connectivity index (χ1n) is 20.3. The normalized spacial score (nSPS) is 15.8. The van der Waals surface area contributed by atoms with Crippen LogP contribution in [0.3, 0.4) is 0 Å². The summed E-state index contributed by atoms with van der Waals surface area (Å²) < 4.78 is 10.7. The Labute approximate surface area is 361 Å². The Bertz CT molecular complexity index is 2850. The number of carbonyl (C=O) groups is 2. The van der Waals surface area contributed by atoms with Crippen molar-refractivity contribution in [2.45, 2.75) is 24.7 Å². The van der Waals surface area contributed by atoms with E-state index in [1.165, 1.54) is 0 Å². The van der Waals surface area contributed by atoms with E-state index in [4.69, 9.17) is 9.47 Å². The van der Waals surface area contributed by atoms with Gasteiger partial charge >= 0.3 is 11.9 Å². The minimum atomic E-state index is -0.886. The van der Waals surface area contributed by atoms with Gasteiger partial charge in [0.2, 0.25) is 0 Å². The molecule has 0 spiro atoms. The highest BCUT2D eigenvalue weighted by Crippen LogP contribution is 2.61. The number of carbonyl (C=O) groups excluding carboxylic acids is 2. The number of pyridine rings is 2. The highest BCUT2D eigenvalue weighted by molar-refractivity contribution is 5.91. The third kappa shape index (κ3) is 6.87. The van der Waals surface area contributed by atoms with Gasteiger partial charge in [0, 0.05) is 58.2 Å². The molecule has 3 aliphatic carbocycles. The van der Waals surface area contributed by atoms with Crippen LogP contribution >= 0.6 is 0 Å². The van der Waals surface area contributed by atoms with Gasteiger partial charge in [-0.2, -0.15) is 0 Å². The van der Waals surface area contributed by atoms with Gasteiger partial charge in [-0.05, 0) is 108 Å². The predicted molar refractivity (Wildman–Crippen MR) is 238 cm³/mol. The van der Waals surface area contributed by atoms with Crippen LogP contribution in [-0.2, 0) is 20.3 Å². The average molecular weight is 801 g/mol. The van der Waals surface area contributed by atoms with Gasteiger partial charge in [0.05, 0.1) is 24.3 Å². The molecule has 62 heavy (non-hydrogen) atoms. The molecule has 6 nitrogen and oxygen atoms in total. The third-order valence-electron chi connectivity index (χ3n) is 11.0. The monoisotopic (exact) mass is 800 g/mol. The van der Waals surface area contributed by atoms with Gasteiger partial charge in [-0.25, -0.2) is 9.59 Å². The second-order valence-electron chi connectivity index (χ2n) is 14.6. The summed E-state index contributed by atoms with van der Waals surface area (Å²) in [6.45, 7) is 4.08. The molecule has 0 saturated carbocycles. The van der Waals surface area contributed by atoms with Gasteiger partial charge in [-0.3, -0.25) is 9.97 Å². The zero-order valence-corrected chi connectivity index (χ0v) is 34.0. The van der Waals surface area contributed by atoms with E-state index < -0.39 is 22.8 Å². The Morgan fingerprint density at radius 2 is 0.823 bits per heavy atom. The molecule has 10 rings (SSSR count). The maximum absolute atomic E-state index is 12.9. The molecule has 0 aliphatic heterocycles. The number of esters is 2. The summed E-state index contributed by atoms with van der Waals surface area (Å²) in [4.78, 5) is 34.2. The molecular weight excluding hydrogens is 765 g/mol. The standard InChI is InChI=1S/C56H36N2O4/c1-3-61-53(59)45-27-25-41(43(35-45)23-21-39-13-11-33-57-37-39)29-31-55-47-15-5-8-18-50(47)56(51-19-9-6-16-48(51)55,52-20-10-7-17-49(52)55)32-30-42-26-28-46(54(60)62-4-2)36-44(42)24-22-40-14-12-34-58-38-40/h5-20,25-28,33-38H,3-4H2,1-2H3. The van der Waals surface area contributed by atoms with Gasteiger partial charge in [0.1, 0.15) is 10.8 Å². The Balaban J connectivity index is 1.25. The van der Waals surface area contributed by atoms with Gasteiger partial charge in [-0.15, -0.1) is 0 Å². The van der Waals surface area contributed by atoms with E-state index in [1.807, 2.05) is 36.4 Å². The lowest BCUT2D eigenvalue weighted by Crippen LogP contribution is -2.49. The Kier molecular flexibility index (Phi) is 10.5. The number of nitrogens with zero attached hydrogens (tertiary/aromatic N) is 2. The van der Waals surface area contributed by atoms with Crippen LogP contribution in [0.15, 0.2) is 158 Å². The molecule has 5 aromatic carbocycles. The summed E-state index contributed by atoms with van der Waals surface area (Å²) in [6, 6.07) is 43.3. The summed E-state index contributed by atoms with van der Waals surface area (Å²) in [6.07, 6.45) is 6.80. The van der Waals surface area contributed by atoms with Gasteiger partial charge in [0.15, 0.2) is 0 Å². The molecule has 0 atom stereocenters. The largest absolute Gasteiger partial charge is 0.462 e. The molecule has 0 saturated heterocycles. The lowest BCUT2D eigenvalue weighted by Gasteiger charge is -2.52. The van der Waals surface area contributed by atoms with E-state index in [-0.39, 0.29) is 13.2 Å². The molecule has 0 radical (unpaired) electrons. The molecule has 0 unspecified atom stereocenters. The van der Waals surface area contributed by atoms with Crippen molar-refractivity contribution in [2.75, 3.05) is 13.2 Å². The summed E-state index contributed by atoms with van der Waals surface area (Å²) in [5.41, 5.74) is 9.20. The average Bonchev–Trinajstić information content (AvgIpc) is 3.32. The lowest BCUT2D eigenvalue weighted by atomic mass is 9.47. The van der Waals surface area contributed by atoms with Gasteiger partial charge < -0.3 is 9.47 Å². The highest BCUT2D eigenvalue weighted by atomic mass is 16.5. The van der Waals surface area contributed by atoms with Crippen molar-refractivity contribution in [1.82, 2.24) is 9.97 Å². The minimum Gasteiger partial charge on any atom is -0.462 e. The molecule has 3 aliphatic rings. The molecule has 2 heterocycles. The van der Waals surface area contributed by atoms with E-state index in [9.17, 15) is 9.59 Å². The number of hydrogen-bond acceptors (Lipinski definition) is 6. The quantitative estimate of drug-likeness (QED) is 0.131. The summed E-state index contributed by atoms with van der Waals surface area (Å²) in [5.74, 6) is 26.9. The summed E-state index contributed by atoms with van der Waals surface area (Å²) >= 11 is 0. The molecule has 2 bridgehead atoms. The van der Waals surface area contributed by atoms with Crippen molar-refractivity contribution in [2.24, 2.45) is 0 Å². The van der Waals surface area contributed by atoms with Crippen LogP contribution in [0.5, 0.6) is 0 Å². The van der Waals surface area contributed by atoms with E-state index in [1.54, 1.807) is 62.9 Å². The van der Waals surface area contributed by atoms with Crippen molar-refractivity contribution in [3.8, 4) is 47.4 Å². The SMILES string of the molecule is CCOC(=O)c1ccc(C#CC23c4ccccc4C(C#Cc4ccc(C(=O)OCC)cc4C#Cc4cccnc4)(c4ccccc42)c2ccccc23)c(C#Cc2cccnc2)c1. The predicted octanol–water partition coefficient (Wildman–Crippen LogP) is 9.03. The fourth-order valence-electron chi connectivity index (χ4n) is 8.36. The van der Waals surface area contributed by atoms with Crippen LogP contribution in [0, 0.1) is 47.4 Å². The van der Waals surface area contributed by atoms with E-state index >= 15 is 0 Å². The van der Waals surface area contributed by atoms with E-state index in [0.717, 1.165) is 44.5 Å². The second kappa shape index (κ2) is 16.7. The molecule has 0 N–H and O–H groups in total. The van der Waals surface area contributed by atoms with Crippen molar-refractivity contribution in [3.63, 3.8) is 0 Å². The van der Waals surface area contributed by atoms with Crippen LogP contribution in [0.25, 0.3) is 0 Å². The first-order valence-corrected chi connectivity index (χ1v) is 20.3. The smallest absolute Gasteiger partial charge is 0.338 e. The maximum atomic E-state index is 12.9. The van der Waals surface area contributed by atoms with E-state index in [0.29, 0.717) is 33.4 Å². The number of aromatic nitrogens is 2. The number of benzene rings is 5. The molecule has 6 heteroatoms. The summed E-state index contributed by atoms with van der Waals surface area (Å²) in [5, 5.41) is 0. The van der Waals surface area contributed by atoms with Gasteiger partial charge in [0.25, 0.3) is 0 Å².